The first-order valence-corrected chi connectivity index (χ1v) is 25.4. The molecular weight excluding hydrogens is 848 g/mol. The Morgan fingerprint density at radius 3 is 1.77 bits per heavy atom. The van der Waals surface area contributed by atoms with E-state index in [1.165, 1.54) is 82.9 Å². The van der Waals surface area contributed by atoms with Crippen LogP contribution >= 0.6 is 0 Å². The number of fused-ring (bicyclic) bond motifs is 7. The van der Waals surface area contributed by atoms with Gasteiger partial charge in [0.2, 0.25) is 0 Å². The Balaban J connectivity index is 1.20. The number of nitrogens with zero attached hydrogens (tertiary/aromatic N) is 1. The lowest BCUT2D eigenvalue weighted by atomic mass is 9.58. The Morgan fingerprint density at radius 1 is 0.543 bits per heavy atom. The van der Waals surface area contributed by atoms with Crippen molar-refractivity contribution in [3.8, 4) is 50.4 Å². The topological polar surface area (TPSA) is 30.1 Å². The molecule has 10 aromatic rings. The van der Waals surface area contributed by atoms with E-state index in [4.69, 9.17) is 4.42 Å². The van der Waals surface area contributed by atoms with Crippen molar-refractivity contribution >= 4 is 62.4 Å². The Morgan fingerprint density at radius 2 is 1.13 bits per heavy atom. The molecule has 70 heavy (non-hydrogen) atoms. The maximum atomic E-state index is 7.08. The van der Waals surface area contributed by atoms with Crippen molar-refractivity contribution < 1.29 is 4.42 Å². The first kappa shape index (κ1) is 44.2. The summed E-state index contributed by atoms with van der Waals surface area (Å²) in [5, 5.41) is 7.68. The largest absolute Gasteiger partial charge is 0.455 e. The molecule has 0 unspecified atom stereocenters. The van der Waals surface area contributed by atoms with Crippen LogP contribution in [0.2, 0.25) is 0 Å². The van der Waals surface area contributed by atoms with Gasteiger partial charge in [-0.2, -0.15) is 0 Å². The normalized spacial score (nSPS) is 14.9. The van der Waals surface area contributed by atoms with E-state index in [1.54, 1.807) is 0 Å². The average Bonchev–Trinajstić information content (AvgIpc) is 3.89. The zero-order chi connectivity index (χ0) is 48.5. The highest BCUT2D eigenvalue weighted by molar-refractivity contribution is 6.74. The number of rotatable bonds is 6. The molecule has 2 aliphatic rings. The van der Waals surface area contributed by atoms with E-state index in [-0.39, 0.29) is 21.7 Å². The minimum Gasteiger partial charge on any atom is -0.455 e. The smallest absolute Gasteiger partial charge is 0.198 e. The number of anilines is 2. The zero-order valence-corrected chi connectivity index (χ0v) is 42.6. The molecule has 8 aromatic carbocycles. The number of hydrogen-bond acceptors (Lipinski definition) is 2. The van der Waals surface area contributed by atoms with Gasteiger partial charge in [0.15, 0.2) is 7.28 Å². The molecule has 346 valence electrons. The molecule has 4 heteroatoms. The second kappa shape index (κ2) is 15.7. The molecule has 3 heterocycles. The van der Waals surface area contributed by atoms with Crippen molar-refractivity contribution in [2.45, 2.75) is 104 Å². The second-order valence-corrected chi connectivity index (χ2v) is 23.7. The van der Waals surface area contributed by atoms with Crippen LogP contribution in [-0.2, 0) is 21.7 Å². The van der Waals surface area contributed by atoms with Gasteiger partial charge < -0.3 is 14.3 Å². The molecule has 0 radical (unpaired) electrons. The van der Waals surface area contributed by atoms with Crippen LogP contribution in [0.3, 0.4) is 0 Å². The fourth-order valence-electron chi connectivity index (χ4n) is 11.8. The number of benzene rings is 8. The molecule has 0 amide bonds. The molecule has 12 rings (SSSR count). The van der Waals surface area contributed by atoms with E-state index in [9.17, 15) is 0 Å². The third-order valence-corrected chi connectivity index (χ3v) is 16.0. The van der Waals surface area contributed by atoms with Crippen molar-refractivity contribution in [2.75, 3.05) is 5.32 Å². The fraction of sp³-hybridized carbons (Fsp3) is 0.242. The van der Waals surface area contributed by atoms with Crippen molar-refractivity contribution in [3.63, 3.8) is 0 Å². The number of furan rings is 1. The van der Waals surface area contributed by atoms with E-state index in [0.29, 0.717) is 0 Å². The number of para-hydroxylation sites is 1. The van der Waals surface area contributed by atoms with Gasteiger partial charge in [0.1, 0.15) is 11.3 Å². The maximum Gasteiger partial charge on any atom is 0.198 e. The Bertz CT molecular complexity index is 3690. The molecule has 0 spiro atoms. The summed E-state index contributed by atoms with van der Waals surface area (Å²) in [4.78, 5) is 0. The Hall–Kier alpha value is -7.04. The summed E-state index contributed by atoms with van der Waals surface area (Å²) in [5.41, 5.74) is 23.5. The first-order valence-electron chi connectivity index (χ1n) is 25.4. The minimum atomic E-state index is 0.0299. The molecule has 2 aromatic heterocycles. The van der Waals surface area contributed by atoms with Crippen molar-refractivity contribution in [1.82, 2.24) is 4.57 Å². The predicted molar refractivity (Wildman–Crippen MR) is 301 cm³/mol. The van der Waals surface area contributed by atoms with Gasteiger partial charge in [0.25, 0.3) is 0 Å². The highest BCUT2D eigenvalue weighted by atomic mass is 16.3. The van der Waals surface area contributed by atoms with Gasteiger partial charge >= 0.3 is 0 Å². The summed E-state index contributed by atoms with van der Waals surface area (Å²) >= 11 is 0. The highest BCUT2D eigenvalue weighted by Gasteiger charge is 2.39. The predicted octanol–water partition coefficient (Wildman–Crippen LogP) is 16.6. The molecule has 0 fully saturated rings. The third-order valence-electron chi connectivity index (χ3n) is 16.0. The van der Waals surface area contributed by atoms with Crippen LogP contribution in [0.4, 0.5) is 11.4 Å². The van der Waals surface area contributed by atoms with Crippen LogP contribution in [0.25, 0.3) is 83.2 Å². The van der Waals surface area contributed by atoms with Crippen LogP contribution in [0.15, 0.2) is 168 Å². The Kier molecular flexibility index (Phi) is 9.94. The first-order chi connectivity index (χ1) is 33.4. The van der Waals surface area contributed by atoms with Crippen LogP contribution in [-0.4, -0.2) is 11.8 Å². The molecule has 0 atom stereocenters. The molecule has 0 bridgehead atoms. The zero-order valence-electron chi connectivity index (χ0n) is 42.6. The van der Waals surface area contributed by atoms with Crippen molar-refractivity contribution in [2.24, 2.45) is 0 Å². The lowest BCUT2D eigenvalue weighted by Crippen LogP contribution is -2.37. The van der Waals surface area contributed by atoms with Gasteiger partial charge in [0.05, 0.1) is 5.52 Å². The quantitative estimate of drug-likeness (QED) is 0.169. The number of hydrogen-bond donors (Lipinski definition) is 1. The summed E-state index contributed by atoms with van der Waals surface area (Å²) in [6.07, 6.45) is 2.31. The monoisotopic (exact) mass is 911 g/mol. The third kappa shape index (κ3) is 7.16. The summed E-state index contributed by atoms with van der Waals surface area (Å²) < 4.78 is 9.75. The van der Waals surface area contributed by atoms with Crippen LogP contribution in [0.5, 0.6) is 0 Å². The lowest BCUT2D eigenvalue weighted by molar-refractivity contribution is 0.332. The lowest BCUT2D eigenvalue weighted by Gasteiger charge is -2.42. The molecule has 0 saturated heterocycles. The van der Waals surface area contributed by atoms with Gasteiger partial charge in [0, 0.05) is 55.4 Å². The average molecular weight is 911 g/mol. The second-order valence-electron chi connectivity index (χ2n) is 23.7. The van der Waals surface area contributed by atoms with Gasteiger partial charge in [-0.15, -0.1) is 0 Å². The molecule has 0 saturated carbocycles. The number of aromatic nitrogens is 1. The van der Waals surface area contributed by atoms with Crippen LogP contribution < -0.4 is 16.2 Å². The molecular formula is C66H63BN2O. The molecule has 3 nitrogen and oxygen atoms in total. The summed E-state index contributed by atoms with van der Waals surface area (Å²) in [6.45, 7) is 23.6. The van der Waals surface area contributed by atoms with E-state index < -0.39 is 0 Å². The van der Waals surface area contributed by atoms with Crippen LogP contribution in [0, 0.1) is 0 Å². The van der Waals surface area contributed by atoms with E-state index in [1.807, 2.05) is 0 Å². The van der Waals surface area contributed by atoms with Crippen molar-refractivity contribution in [1.29, 1.82) is 0 Å². The summed E-state index contributed by atoms with van der Waals surface area (Å²) in [5.74, 6) is 0.902. The van der Waals surface area contributed by atoms with Gasteiger partial charge in [-0.3, -0.25) is 0 Å². The standard InChI is InChI=1S/C66H63BN2O/c1-63(2,3)43-27-25-40(26-28-43)47-35-48(46-23-17-18-24-54(46)68-45-31-29-44(30-32-45)64(4,5)6)60-61-59(47)49-36-51-52(66(9,10)34-33-65(51,7)8)38-55(49)69(61)56-37-50-57(39-53(56)67-60)70-62(42-21-15-12-16-22-42)58(50)41-19-13-11-14-20-41/h11-32,35-39,67-68H,33-34H2,1-10H3. The maximum absolute atomic E-state index is 7.08. The minimum absolute atomic E-state index is 0.0299. The van der Waals surface area contributed by atoms with E-state index >= 15 is 0 Å². The van der Waals surface area contributed by atoms with Gasteiger partial charge in [-0.1, -0.05) is 190 Å². The fourth-order valence-corrected chi connectivity index (χ4v) is 11.8. The highest BCUT2D eigenvalue weighted by Crippen LogP contribution is 2.51. The van der Waals surface area contributed by atoms with Crippen LogP contribution in [0.1, 0.15) is 104 Å². The Labute approximate surface area is 414 Å². The molecule has 1 N–H and O–H groups in total. The van der Waals surface area contributed by atoms with E-state index in [2.05, 4.69) is 243 Å². The molecule has 1 aliphatic carbocycles. The van der Waals surface area contributed by atoms with Crippen molar-refractivity contribution in [3.05, 3.63) is 186 Å². The van der Waals surface area contributed by atoms with Gasteiger partial charge in [-0.05, 0) is 133 Å². The summed E-state index contributed by atoms with van der Waals surface area (Å²) in [6, 6.07) is 61.4. The summed E-state index contributed by atoms with van der Waals surface area (Å²) in [7, 11) is 0.754. The SMILES string of the molecule is CC(C)(C)c1ccc(Nc2ccccc2-c2cc(-c3ccc(C(C)(C)C)cc3)c3c4cc5c(cc4n4c3c2Bc2cc3oc(-c6ccccc6)c(-c6ccccc6)c3cc2-4)C(C)(C)CCC5(C)C)cc1. The van der Waals surface area contributed by atoms with Gasteiger partial charge in [-0.25, -0.2) is 0 Å². The molecule has 1 aliphatic heterocycles. The number of nitrogens with one attached hydrogen (secondary N) is 1. The van der Waals surface area contributed by atoms with E-state index in [0.717, 1.165) is 64.9 Å².